The van der Waals surface area contributed by atoms with Crippen molar-refractivity contribution in [2.75, 3.05) is 13.7 Å². The molecule has 1 atom stereocenters. The Morgan fingerprint density at radius 1 is 1.30 bits per heavy atom. The van der Waals surface area contributed by atoms with E-state index in [0.29, 0.717) is 6.61 Å². The van der Waals surface area contributed by atoms with Crippen LogP contribution in [0.5, 0.6) is 5.75 Å². The van der Waals surface area contributed by atoms with E-state index in [1.165, 1.54) is 0 Å². The monoisotopic (exact) mass is 276 g/mol. The molecule has 1 aromatic carbocycles. The first-order chi connectivity index (χ1) is 9.67. The van der Waals surface area contributed by atoms with Gasteiger partial charge in [0.2, 0.25) is 0 Å². The maximum atomic E-state index is 10.6. The highest BCUT2D eigenvalue weighted by atomic mass is 16.5. The molecule has 0 aliphatic rings. The third kappa shape index (κ3) is 6.02. The number of carbonyl (C=O) groups excluding carboxylic acids is 1. The first kappa shape index (κ1) is 16.4. The number of ether oxygens (including phenoxy) is 2. The summed E-state index contributed by atoms with van der Waals surface area (Å²) in [5.41, 5.74) is 2.28. The predicted molar refractivity (Wildman–Crippen MR) is 80.9 cm³/mol. The van der Waals surface area contributed by atoms with Gasteiger partial charge in [-0.1, -0.05) is 30.7 Å². The maximum Gasteiger partial charge on any atom is 0.126 e. The van der Waals surface area contributed by atoms with Crippen molar-refractivity contribution >= 4 is 6.29 Å². The topological polar surface area (TPSA) is 35.5 Å². The van der Waals surface area contributed by atoms with Crippen LogP contribution in [0.25, 0.3) is 0 Å². The van der Waals surface area contributed by atoms with E-state index in [4.69, 9.17) is 9.47 Å². The minimum absolute atomic E-state index is 0.0233. The highest BCUT2D eigenvalue weighted by Gasteiger charge is 2.00. The van der Waals surface area contributed by atoms with Crippen LogP contribution in [0.2, 0.25) is 0 Å². The molecule has 1 rings (SSSR count). The Bertz CT molecular complexity index is 420. The molecule has 0 aliphatic heterocycles. The predicted octanol–water partition coefficient (Wildman–Crippen LogP) is 3.77. The van der Waals surface area contributed by atoms with Crippen molar-refractivity contribution in [1.82, 2.24) is 0 Å². The zero-order valence-electron chi connectivity index (χ0n) is 12.6. The van der Waals surface area contributed by atoms with Crippen molar-refractivity contribution in [3.05, 3.63) is 41.5 Å². The molecule has 0 saturated carbocycles. The fraction of sp³-hybridized carbons (Fsp3) is 0.471. The summed E-state index contributed by atoms with van der Waals surface area (Å²) >= 11 is 0. The first-order valence-corrected chi connectivity index (χ1v) is 7.00. The molecule has 110 valence electrons. The number of unbranched alkanes of at least 4 members (excludes halogenated alkanes) is 1. The van der Waals surface area contributed by atoms with Gasteiger partial charge in [0.15, 0.2) is 0 Å². The number of allylic oxidation sites excluding steroid dienone is 2. The molecule has 0 bridgehead atoms. The SMILES string of the molecule is COc1ccc(COCCC/C=C(\C)[C@H](C)C=O)cc1. The number of hydrogen-bond donors (Lipinski definition) is 0. The minimum atomic E-state index is 0.0233. The summed E-state index contributed by atoms with van der Waals surface area (Å²) in [7, 11) is 1.66. The smallest absolute Gasteiger partial charge is 0.126 e. The lowest BCUT2D eigenvalue weighted by Gasteiger charge is -2.06. The van der Waals surface area contributed by atoms with Crippen LogP contribution in [0.3, 0.4) is 0 Å². The Kier molecular flexibility index (Phi) is 7.66. The summed E-state index contributed by atoms with van der Waals surface area (Å²) in [4.78, 5) is 10.6. The molecule has 0 aromatic heterocycles. The van der Waals surface area contributed by atoms with Crippen molar-refractivity contribution in [1.29, 1.82) is 0 Å². The van der Waals surface area contributed by atoms with Crippen LogP contribution in [0.15, 0.2) is 35.9 Å². The third-order valence-corrected chi connectivity index (χ3v) is 3.31. The van der Waals surface area contributed by atoms with Gasteiger partial charge in [-0.3, -0.25) is 0 Å². The van der Waals surface area contributed by atoms with E-state index in [1.54, 1.807) is 7.11 Å². The van der Waals surface area contributed by atoms with Gasteiger partial charge in [0, 0.05) is 12.5 Å². The molecular formula is C17H24O3. The zero-order chi connectivity index (χ0) is 14.8. The molecule has 0 radical (unpaired) electrons. The molecule has 3 nitrogen and oxygen atoms in total. The molecule has 1 aromatic rings. The Morgan fingerprint density at radius 2 is 2.00 bits per heavy atom. The van der Waals surface area contributed by atoms with Gasteiger partial charge >= 0.3 is 0 Å². The molecule has 0 aliphatic carbocycles. The zero-order valence-corrected chi connectivity index (χ0v) is 12.6. The summed E-state index contributed by atoms with van der Waals surface area (Å²) in [6.07, 6.45) is 5.02. The minimum Gasteiger partial charge on any atom is -0.497 e. The van der Waals surface area contributed by atoms with Crippen molar-refractivity contribution in [3.63, 3.8) is 0 Å². The molecule has 0 unspecified atom stereocenters. The van der Waals surface area contributed by atoms with Crippen LogP contribution < -0.4 is 4.74 Å². The van der Waals surface area contributed by atoms with E-state index in [0.717, 1.165) is 42.6 Å². The van der Waals surface area contributed by atoms with E-state index >= 15 is 0 Å². The van der Waals surface area contributed by atoms with Gasteiger partial charge in [-0.05, 0) is 37.5 Å². The van der Waals surface area contributed by atoms with Crippen LogP contribution in [0.1, 0.15) is 32.3 Å². The summed E-state index contributed by atoms with van der Waals surface area (Å²) < 4.78 is 10.7. The molecular weight excluding hydrogens is 252 g/mol. The molecule has 0 saturated heterocycles. The van der Waals surface area contributed by atoms with E-state index in [-0.39, 0.29) is 5.92 Å². The average molecular weight is 276 g/mol. The van der Waals surface area contributed by atoms with Gasteiger partial charge in [0.25, 0.3) is 0 Å². The summed E-state index contributed by atoms with van der Waals surface area (Å²) in [5.74, 6) is 0.883. The van der Waals surface area contributed by atoms with Crippen LogP contribution in [0.4, 0.5) is 0 Å². The van der Waals surface area contributed by atoms with E-state index in [1.807, 2.05) is 38.1 Å². The second-order valence-electron chi connectivity index (χ2n) is 4.92. The molecule has 0 spiro atoms. The van der Waals surface area contributed by atoms with Crippen LogP contribution in [0, 0.1) is 5.92 Å². The summed E-state index contributed by atoms with van der Waals surface area (Å²) in [6.45, 7) is 5.26. The second kappa shape index (κ2) is 9.32. The lowest BCUT2D eigenvalue weighted by atomic mass is 10.0. The number of hydrogen-bond acceptors (Lipinski definition) is 3. The molecule has 0 fully saturated rings. The number of methoxy groups -OCH3 is 1. The fourth-order valence-electron chi connectivity index (χ4n) is 1.72. The Labute approximate surface area is 121 Å². The molecule has 0 amide bonds. The average Bonchev–Trinajstić information content (AvgIpc) is 2.50. The fourth-order valence-corrected chi connectivity index (χ4v) is 1.72. The van der Waals surface area contributed by atoms with Gasteiger partial charge in [0.05, 0.1) is 13.7 Å². The van der Waals surface area contributed by atoms with Crippen molar-refractivity contribution in [2.24, 2.45) is 5.92 Å². The second-order valence-corrected chi connectivity index (χ2v) is 4.92. The van der Waals surface area contributed by atoms with Gasteiger partial charge in [-0.15, -0.1) is 0 Å². The summed E-state index contributed by atoms with van der Waals surface area (Å²) in [5, 5.41) is 0. The summed E-state index contributed by atoms with van der Waals surface area (Å²) in [6, 6.07) is 7.89. The maximum absolute atomic E-state index is 10.6. The Morgan fingerprint density at radius 3 is 2.60 bits per heavy atom. The van der Waals surface area contributed by atoms with Crippen LogP contribution in [-0.2, 0) is 16.1 Å². The molecule has 20 heavy (non-hydrogen) atoms. The Balaban J connectivity index is 2.17. The standard InChI is InChI=1S/C17H24O3/c1-14(15(2)12-18)6-4-5-11-20-13-16-7-9-17(19-3)10-8-16/h6-10,12,15H,4-5,11,13H2,1-3H3/b14-6+/t15-/m1/s1. The lowest BCUT2D eigenvalue weighted by Crippen LogP contribution is -1.98. The number of rotatable bonds is 9. The number of aldehydes is 1. The molecule has 3 heteroatoms. The van der Waals surface area contributed by atoms with Crippen LogP contribution in [-0.4, -0.2) is 20.0 Å². The normalized spacial score (nSPS) is 13.1. The highest BCUT2D eigenvalue weighted by molar-refractivity contribution is 5.57. The number of benzene rings is 1. The molecule has 0 heterocycles. The first-order valence-electron chi connectivity index (χ1n) is 7.00. The third-order valence-electron chi connectivity index (χ3n) is 3.31. The quantitative estimate of drug-likeness (QED) is 0.391. The van der Waals surface area contributed by atoms with Crippen molar-refractivity contribution in [3.8, 4) is 5.75 Å². The van der Waals surface area contributed by atoms with Crippen LogP contribution >= 0.6 is 0 Å². The highest BCUT2D eigenvalue weighted by Crippen LogP contribution is 2.12. The van der Waals surface area contributed by atoms with Crippen molar-refractivity contribution in [2.45, 2.75) is 33.3 Å². The van der Waals surface area contributed by atoms with E-state index in [9.17, 15) is 4.79 Å². The largest absolute Gasteiger partial charge is 0.497 e. The van der Waals surface area contributed by atoms with E-state index in [2.05, 4.69) is 6.08 Å². The van der Waals surface area contributed by atoms with Gasteiger partial charge in [-0.25, -0.2) is 0 Å². The van der Waals surface area contributed by atoms with E-state index < -0.39 is 0 Å². The Hall–Kier alpha value is -1.61. The number of carbonyl (C=O) groups is 1. The molecule has 0 N–H and O–H groups in total. The van der Waals surface area contributed by atoms with Gasteiger partial charge in [0.1, 0.15) is 12.0 Å². The van der Waals surface area contributed by atoms with Crippen molar-refractivity contribution < 1.29 is 14.3 Å². The lowest BCUT2D eigenvalue weighted by molar-refractivity contribution is -0.109. The van der Waals surface area contributed by atoms with Gasteiger partial charge < -0.3 is 14.3 Å². The van der Waals surface area contributed by atoms with Gasteiger partial charge in [-0.2, -0.15) is 0 Å².